The lowest BCUT2D eigenvalue weighted by Gasteiger charge is -2.69. The fourth-order valence-corrected chi connectivity index (χ4v) is 12.0. The lowest BCUT2D eigenvalue weighted by atomic mass is 9.39. The molecule has 4 aromatic rings. The molecule has 0 spiro atoms. The minimum absolute atomic E-state index is 0.0212. The maximum atomic E-state index is 12.7. The van der Waals surface area contributed by atoms with Gasteiger partial charge in [-0.25, -0.2) is 14.8 Å². The van der Waals surface area contributed by atoms with E-state index in [1.807, 2.05) is 44.2 Å². The molecule has 1 aromatic carbocycles. The number of nitrogens with two attached hydrogens (primary N) is 1. The molecule has 2 atom stereocenters. The van der Waals surface area contributed by atoms with E-state index in [2.05, 4.69) is 49.5 Å². The lowest BCUT2D eigenvalue weighted by molar-refractivity contribution is -0.242. The Bertz CT molecular complexity index is 2140. The topological polar surface area (TPSA) is 167 Å². The minimum Gasteiger partial charge on any atom is -0.476 e. The van der Waals surface area contributed by atoms with Crippen LogP contribution in [0.4, 0.5) is 22.6 Å². The monoisotopic (exact) mass is 778 g/mol. The summed E-state index contributed by atoms with van der Waals surface area (Å²) in [4.78, 5) is 31.4. The number of carboxylic acid groups (broad SMARTS) is 1. The summed E-state index contributed by atoms with van der Waals surface area (Å²) in [5, 5.41) is 26.7. The molecule has 4 saturated carbocycles. The third-order valence-corrected chi connectivity index (χ3v) is 13.4. The molecule has 4 aliphatic carbocycles. The van der Waals surface area contributed by atoms with Gasteiger partial charge in [-0.1, -0.05) is 37.3 Å². The number of nitrogens with zero attached hydrogens (tertiary/aromatic N) is 7. The number of aromatic carboxylic acids is 1. The number of aromatic nitrogens is 4. The number of aliphatic imine (C=N–C) groups is 1. The van der Waals surface area contributed by atoms with Gasteiger partial charge in [-0.15, -0.1) is 10.2 Å². The second kappa shape index (κ2) is 14.8. The molecule has 0 amide bonds. The molecule has 296 valence electrons. The van der Waals surface area contributed by atoms with Crippen molar-refractivity contribution in [3.05, 3.63) is 65.5 Å². The van der Waals surface area contributed by atoms with Gasteiger partial charge in [0.2, 0.25) is 0 Å². The van der Waals surface area contributed by atoms with Crippen LogP contribution >= 0.6 is 11.3 Å². The average Bonchev–Trinajstić information content (AvgIpc) is 3.56. The molecular formula is C42H54N10O3S. The maximum absolute atomic E-state index is 12.7. The molecule has 4 bridgehead atoms. The first-order valence-electron chi connectivity index (χ1n) is 19.7. The number of hydrogen-bond donors (Lipinski definition) is 4. The molecule has 5 aliphatic rings. The highest BCUT2D eigenvalue weighted by Gasteiger charge is 2.66. The first-order valence-corrected chi connectivity index (χ1v) is 20.6. The van der Waals surface area contributed by atoms with Crippen LogP contribution in [0.2, 0.25) is 0 Å². The number of fused-ring (bicyclic) bond motifs is 1. The van der Waals surface area contributed by atoms with Crippen LogP contribution in [0.5, 0.6) is 0 Å². The summed E-state index contributed by atoms with van der Waals surface area (Å²) in [5.74, 6) is 0.371. The second-order valence-corrected chi connectivity index (χ2v) is 18.6. The number of rotatable bonds is 13. The molecular weight excluding hydrogens is 725 g/mol. The highest BCUT2D eigenvalue weighted by molar-refractivity contribution is 7.22. The van der Waals surface area contributed by atoms with Crippen LogP contribution in [0.3, 0.4) is 0 Å². The Kier molecular flexibility index (Phi) is 10.1. The molecule has 1 aliphatic heterocycles. The summed E-state index contributed by atoms with van der Waals surface area (Å²) in [6.07, 6.45) is 8.17. The fraction of sp³-hybridized carbons (Fsp3) is 0.524. The number of hydrogen-bond acceptors (Lipinski definition) is 13. The second-order valence-electron chi connectivity index (χ2n) is 17.6. The van der Waals surface area contributed by atoms with Gasteiger partial charge in [0.05, 0.1) is 22.4 Å². The molecule has 13 nitrogen and oxygen atoms in total. The Morgan fingerprint density at radius 2 is 1.80 bits per heavy atom. The van der Waals surface area contributed by atoms with Gasteiger partial charge in [0, 0.05) is 69.4 Å². The van der Waals surface area contributed by atoms with Crippen LogP contribution in [0.15, 0.2) is 53.7 Å². The van der Waals surface area contributed by atoms with Crippen molar-refractivity contribution in [3.63, 3.8) is 0 Å². The van der Waals surface area contributed by atoms with Crippen molar-refractivity contribution in [2.75, 3.05) is 63.1 Å². The van der Waals surface area contributed by atoms with Crippen molar-refractivity contribution in [2.45, 2.75) is 71.8 Å². The summed E-state index contributed by atoms with van der Waals surface area (Å²) in [7, 11) is 1.79. The standard InChI is InChI=1S/C42H54N10O3S/c1-27-18-34(49-50-36(27)48-38-46-31-8-6-7-9-32(31)56-38)51(5)33-11-10-29(35(47-33)37(53)54)30(19-43)28(2)45-26-41-21-39(3)20-40(4,22-41)24-42(23-39,25-41)55-17-16-52-14-12-44-13-15-52/h6-11,18-19,44H,12-17,20-26,43H2,1-5H3,(H,53,54)(H,46,48,50). The van der Waals surface area contributed by atoms with Crippen molar-refractivity contribution in [2.24, 2.45) is 27.0 Å². The molecule has 5 fully saturated rings. The van der Waals surface area contributed by atoms with Crippen molar-refractivity contribution < 1.29 is 14.6 Å². The molecule has 0 radical (unpaired) electrons. The first kappa shape index (κ1) is 38.4. The number of aryl methyl sites for hydroxylation is 1. The van der Waals surface area contributed by atoms with Gasteiger partial charge in [0.15, 0.2) is 22.5 Å². The number of pyridine rings is 1. The third kappa shape index (κ3) is 7.63. The smallest absolute Gasteiger partial charge is 0.355 e. The highest BCUT2D eigenvalue weighted by Crippen LogP contribution is 2.71. The predicted molar refractivity (Wildman–Crippen MR) is 223 cm³/mol. The van der Waals surface area contributed by atoms with Gasteiger partial charge in [0.25, 0.3) is 0 Å². The molecule has 9 rings (SSSR count). The Labute approximate surface area is 332 Å². The number of anilines is 4. The van der Waals surface area contributed by atoms with E-state index in [1.54, 1.807) is 35.4 Å². The van der Waals surface area contributed by atoms with Crippen LogP contribution in [0.25, 0.3) is 15.8 Å². The molecule has 4 heterocycles. The number of ether oxygens (including phenoxy) is 1. The van der Waals surface area contributed by atoms with Crippen molar-refractivity contribution >= 4 is 61.4 Å². The van der Waals surface area contributed by atoms with E-state index in [4.69, 9.17) is 15.5 Å². The molecule has 5 N–H and O–H groups in total. The Morgan fingerprint density at radius 3 is 2.50 bits per heavy atom. The number of benzene rings is 1. The number of allylic oxidation sites excluding steroid dienone is 1. The van der Waals surface area contributed by atoms with Gasteiger partial charge in [-0.3, -0.25) is 9.89 Å². The van der Waals surface area contributed by atoms with Gasteiger partial charge < -0.3 is 31.1 Å². The number of carbonyl (C=O) groups is 1. The summed E-state index contributed by atoms with van der Waals surface area (Å²) in [6.45, 7) is 15.4. The largest absolute Gasteiger partial charge is 0.476 e. The van der Waals surface area contributed by atoms with Crippen LogP contribution in [0.1, 0.15) is 80.9 Å². The zero-order valence-corrected chi connectivity index (χ0v) is 34.0. The van der Waals surface area contributed by atoms with Crippen LogP contribution in [-0.2, 0) is 4.74 Å². The van der Waals surface area contributed by atoms with Crippen LogP contribution < -0.4 is 21.3 Å². The van der Waals surface area contributed by atoms with E-state index < -0.39 is 5.97 Å². The number of nitrogens with one attached hydrogen (secondary N) is 2. The minimum atomic E-state index is -1.15. The third-order valence-electron chi connectivity index (χ3n) is 12.4. The zero-order chi connectivity index (χ0) is 39.3. The van der Waals surface area contributed by atoms with E-state index in [1.165, 1.54) is 12.6 Å². The van der Waals surface area contributed by atoms with E-state index >= 15 is 0 Å². The summed E-state index contributed by atoms with van der Waals surface area (Å²) in [6, 6.07) is 13.4. The molecule has 1 saturated heterocycles. The quantitative estimate of drug-likeness (QED) is 0.105. The fourth-order valence-electron chi connectivity index (χ4n) is 11.2. The number of para-hydroxylation sites is 1. The first-order chi connectivity index (χ1) is 26.8. The summed E-state index contributed by atoms with van der Waals surface area (Å²) in [5.41, 5.74) is 9.94. The maximum Gasteiger partial charge on any atom is 0.355 e. The number of piperazine rings is 1. The number of carboxylic acids is 1. The number of thiazole rings is 1. The molecule has 3 aromatic heterocycles. The predicted octanol–water partition coefficient (Wildman–Crippen LogP) is 6.80. The van der Waals surface area contributed by atoms with Crippen molar-refractivity contribution in [3.8, 4) is 0 Å². The normalized spacial score (nSPS) is 27.9. The van der Waals surface area contributed by atoms with Gasteiger partial charge >= 0.3 is 5.97 Å². The lowest BCUT2D eigenvalue weighted by Crippen LogP contribution is -2.64. The Balaban J connectivity index is 0.985. The van der Waals surface area contributed by atoms with Crippen LogP contribution in [-0.4, -0.2) is 100 Å². The molecule has 56 heavy (non-hydrogen) atoms. The summed E-state index contributed by atoms with van der Waals surface area (Å²) < 4.78 is 8.04. The zero-order valence-electron chi connectivity index (χ0n) is 33.2. The highest BCUT2D eigenvalue weighted by atomic mass is 32.1. The Morgan fingerprint density at radius 1 is 1.05 bits per heavy atom. The van der Waals surface area contributed by atoms with Crippen LogP contribution in [0, 0.1) is 23.2 Å². The van der Waals surface area contributed by atoms with Crippen molar-refractivity contribution in [1.82, 2.24) is 30.4 Å². The average molecular weight is 779 g/mol. The van der Waals surface area contributed by atoms with Gasteiger partial charge in [0.1, 0.15) is 5.82 Å². The van der Waals surface area contributed by atoms with E-state index in [0.717, 1.165) is 92.3 Å². The van der Waals surface area contributed by atoms with E-state index in [-0.39, 0.29) is 27.5 Å². The summed E-state index contributed by atoms with van der Waals surface area (Å²) >= 11 is 1.55. The van der Waals surface area contributed by atoms with E-state index in [9.17, 15) is 9.90 Å². The van der Waals surface area contributed by atoms with Crippen molar-refractivity contribution in [1.29, 1.82) is 0 Å². The SMILES string of the molecule is CC(=NCC12CC3(C)CC(C)(C1)CC(OCCN1CCNCC1)(C3)C2)C(=CN)c1ccc(N(C)c2cc(C)c(Nc3nc4ccccc4s3)nn2)nc1C(=O)O. The van der Waals surface area contributed by atoms with Gasteiger partial charge in [-0.05, 0) is 105 Å². The van der Waals surface area contributed by atoms with Gasteiger partial charge in [-0.2, -0.15) is 0 Å². The molecule has 2 unspecified atom stereocenters. The Hall–Kier alpha value is -4.50. The molecule has 14 heteroatoms. The van der Waals surface area contributed by atoms with E-state index in [0.29, 0.717) is 40.8 Å².